The van der Waals surface area contributed by atoms with Crippen LogP contribution >= 0.6 is 0 Å². The van der Waals surface area contributed by atoms with Gasteiger partial charge in [0.1, 0.15) is 41.2 Å². The zero-order valence-corrected chi connectivity index (χ0v) is 22.5. The lowest BCUT2D eigenvalue weighted by atomic mass is 9.97. The smallest absolute Gasteiger partial charge is 0.383 e. The lowest BCUT2D eigenvalue weighted by Crippen LogP contribution is -2.62. The van der Waals surface area contributed by atoms with Crippen LogP contribution in [0.1, 0.15) is 25.5 Å². The van der Waals surface area contributed by atoms with E-state index in [1.807, 2.05) is 43.0 Å². The molecular formula is C31H27F2N4O4+. The summed E-state index contributed by atoms with van der Waals surface area (Å²) in [6.07, 6.45) is 1.28. The monoisotopic (exact) mass is 557 g/mol. The summed E-state index contributed by atoms with van der Waals surface area (Å²) < 4.78 is 40.8. The predicted molar refractivity (Wildman–Crippen MR) is 149 cm³/mol. The fraction of sp³-hybridized carbons (Fsp3) is 0.258. The number of pyridine rings is 2. The molecule has 3 aliphatic heterocycles. The van der Waals surface area contributed by atoms with E-state index in [1.165, 1.54) is 28.8 Å². The maximum atomic E-state index is 16.4. The number of ether oxygens (including phenoxy) is 1. The Balaban J connectivity index is 1.59. The molecular weight excluding hydrogens is 530 g/mol. The number of piperazine rings is 1. The third-order valence-electron chi connectivity index (χ3n) is 8.54. The highest BCUT2D eigenvalue weighted by molar-refractivity contribution is 5.95. The molecule has 3 atom stereocenters. The number of phenols is 1. The third-order valence-corrected chi connectivity index (χ3v) is 8.54. The van der Waals surface area contributed by atoms with Gasteiger partial charge < -0.3 is 19.6 Å². The minimum absolute atomic E-state index is 0.0984. The average Bonchev–Trinajstić information content (AvgIpc) is 2.96. The molecule has 7 rings (SSSR count). The Morgan fingerprint density at radius 1 is 1.12 bits per heavy atom. The van der Waals surface area contributed by atoms with Crippen molar-refractivity contribution in [2.45, 2.75) is 32.0 Å². The Hall–Kier alpha value is -4.73. The summed E-state index contributed by atoms with van der Waals surface area (Å²) in [5.74, 6) is -2.05. The molecule has 0 radical (unpaired) electrons. The van der Waals surface area contributed by atoms with Gasteiger partial charge >= 0.3 is 11.2 Å². The summed E-state index contributed by atoms with van der Waals surface area (Å²) in [7, 11) is 0. The minimum Gasteiger partial charge on any atom is -0.507 e. The van der Waals surface area contributed by atoms with E-state index in [9.17, 15) is 14.7 Å². The van der Waals surface area contributed by atoms with Crippen molar-refractivity contribution in [3.8, 4) is 28.4 Å². The topological polar surface area (TPSA) is 78.9 Å². The predicted octanol–water partition coefficient (Wildman–Crippen LogP) is 3.84. The number of carbonyl (C=O) groups is 1. The van der Waals surface area contributed by atoms with Crippen LogP contribution in [0.5, 0.6) is 11.5 Å². The first-order valence-corrected chi connectivity index (χ1v) is 13.5. The van der Waals surface area contributed by atoms with Crippen molar-refractivity contribution in [1.29, 1.82) is 0 Å². The average molecular weight is 558 g/mol. The number of aromatic hydroxyl groups is 1. The van der Waals surface area contributed by atoms with Gasteiger partial charge in [-0.05, 0) is 44.2 Å². The number of hydrogen-bond acceptors (Lipinski definition) is 5. The molecule has 41 heavy (non-hydrogen) atoms. The molecule has 2 aromatic heterocycles. The second-order valence-corrected chi connectivity index (χ2v) is 10.8. The van der Waals surface area contributed by atoms with Gasteiger partial charge in [-0.15, -0.1) is 0 Å². The number of anilines is 1. The van der Waals surface area contributed by atoms with Crippen molar-refractivity contribution >= 4 is 22.6 Å². The number of halogens is 2. The van der Waals surface area contributed by atoms with Crippen LogP contribution in [-0.2, 0) is 4.79 Å². The first-order valence-electron chi connectivity index (χ1n) is 13.5. The molecule has 0 bridgehead atoms. The van der Waals surface area contributed by atoms with Gasteiger partial charge in [0.2, 0.25) is 11.7 Å². The number of carbonyl (C=O) groups excluding carboxylic acids is 1. The van der Waals surface area contributed by atoms with Crippen LogP contribution in [0.25, 0.3) is 28.0 Å². The van der Waals surface area contributed by atoms with Gasteiger partial charge in [-0.1, -0.05) is 30.8 Å². The summed E-state index contributed by atoms with van der Waals surface area (Å²) in [6, 6.07) is 11.4. The molecule has 1 saturated heterocycles. The normalized spacial score (nSPS) is 20.6. The van der Waals surface area contributed by atoms with Gasteiger partial charge in [0.05, 0.1) is 11.4 Å². The largest absolute Gasteiger partial charge is 0.507 e. The first kappa shape index (κ1) is 25.3. The molecule has 0 aliphatic carbocycles. The molecule has 0 spiro atoms. The number of nitrogens with zero attached hydrogens (tertiary/aromatic N) is 4. The van der Waals surface area contributed by atoms with Crippen LogP contribution < -0.4 is 19.8 Å². The van der Waals surface area contributed by atoms with E-state index < -0.39 is 29.0 Å². The third kappa shape index (κ3) is 3.39. The summed E-state index contributed by atoms with van der Waals surface area (Å²) >= 11 is 0. The number of phenolic OH excluding ortho intramolecular Hbond substituents is 1. The maximum absolute atomic E-state index is 16.4. The summed E-state index contributed by atoms with van der Waals surface area (Å²) in [4.78, 5) is 30.5. The number of benzene rings is 2. The van der Waals surface area contributed by atoms with Crippen LogP contribution in [0.15, 0.2) is 66.0 Å². The number of hydrogen-bond donors (Lipinski definition) is 1. The second kappa shape index (κ2) is 8.89. The fourth-order valence-corrected chi connectivity index (χ4v) is 6.68. The molecule has 5 heterocycles. The molecule has 2 aromatic carbocycles. The molecule has 1 fully saturated rings. The van der Waals surface area contributed by atoms with Gasteiger partial charge in [0.15, 0.2) is 11.5 Å². The highest BCUT2D eigenvalue weighted by Gasteiger charge is 2.45. The van der Waals surface area contributed by atoms with Crippen LogP contribution in [0, 0.1) is 11.6 Å². The zero-order valence-electron chi connectivity index (χ0n) is 22.5. The quantitative estimate of drug-likeness (QED) is 0.300. The number of rotatable bonds is 2. The van der Waals surface area contributed by atoms with E-state index in [-0.39, 0.29) is 41.6 Å². The van der Waals surface area contributed by atoms with Crippen molar-refractivity contribution in [2.24, 2.45) is 0 Å². The Kier molecular flexibility index (Phi) is 5.47. The molecule has 8 nitrogen and oxygen atoms in total. The molecule has 10 heteroatoms. The lowest BCUT2D eigenvalue weighted by molar-refractivity contribution is -0.680. The van der Waals surface area contributed by atoms with E-state index in [1.54, 1.807) is 9.47 Å². The molecule has 1 amide bonds. The molecule has 1 unspecified atom stereocenters. The summed E-state index contributed by atoms with van der Waals surface area (Å²) in [6.45, 7) is 8.29. The molecule has 4 aromatic rings. The van der Waals surface area contributed by atoms with Crippen LogP contribution in [0.2, 0.25) is 0 Å². The van der Waals surface area contributed by atoms with Crippen molar-refractivity contribution in [3.63, 3.8) is 0 Å². The highest BCUT2D eigenvalue weighted by atomic mass is 19.1. The SMILES string of the molecule is C=CC(=O)N1C[C@@H]2COc3c(c4cc(F)c(-c5c(O)cccc5F)[n+]5c4n(c3=O)-c3ccccc3C5C)N2C[C@H]1C. The van der Waals surface area contributed by atoms with Crippen LogP contribution in [0.4, 0.5) is 14.5 Å². The van der Waals surface area contributed by atoms with Gasteiger partial charge in [0.25, 0.3) is 0 Å². The van der Waals surface area contributed by atoms with Gasteiger partial charge in [-0.3, -0.25) is 4.79 Å². The molecule has 0 saturated carbocycles. The lowest BCUT2D eigenvalue weighted by Gasteiger charge is -2.48. The van der Waals surface area contributed by atoms with Crippen molar-refractivity contribution in [2.75, 3.05) is 24.6 Å². The number of amides is 1. The zero-order chi connectivity index (χ0) is 28.7. The number of aromatic nitrogens is 2. The Morgan fingerprint density at radius 2 is 1.90 bits per heavy atom. The van der Waals surface area contributed by atoms with Gasteiger partial charge in [-0.2, -0.15) is 4.57 Å². The maximum Gasteiger partial charge on any atom is 0.383 e. The van der Waals surface area contributed by atoms with Crippen LogP contribution in [0.3, 0.4) is 0 Å². The number of para-hydroxylation sites is 1. The standard InChI is InChI=1S/C31H26F2N4O4/c1-4-25(39)34-14-18-15-41-29-27(35(18)13-16(34)2)20-12-22(33)28(26-21(32)9-7-11-24(26)38)36-17(3)19-8-5-6-10-23(19)37(30(20)36)31(29)40/h4-12,16-18H,1,13-15H2,2-3H3/p+1/t16-,17?,18-/m1/s1. The Morgan fingerprint density at radius 3 is 2.66 bits per heavy atom. The van der Waals surface area contributed by atoms with E-state index in [4.69, 9.17) is 4.74 Å². The summed E-state index contributed by atoms with van der Waals surface area (Å²) in [5.41, 5.74) is 1.29. The van der Waals surface area contributed by atoms with E-state index >= 15 is 8.78 Å². The van der Waals surface area contributed by atoms with Crippen molar-refractivity contribution in [1.82, 2.24) is 9.47 Å². The molecule has 1 N–H and O–H groups in total. The number of fused-ring (bicyclic) bond motifs is 6. The van der Waals surface area contributed by atoms with Gasteiger partial charge in [0, 0.05) is 24.7 Å². The summed E-state index contributed by atoms with van der Waals surface area (Å²) in [5, 5.41) is 11.1. The second-order valence-electron chi connectivity index (χ2n) is 10.8. The van der Waals surface area contributed by atoms with Crippen molar-refractivity contribution < 1.29 is 28.0 Å². The Labute approximate surface area is 233 Å². The Bertz CT molecular complexity index is 1850. The highest BCUT2D eigenvalue weighted by Crippen LogP contribution is 2.44. The molecule has 208 valence electrons. The van der Waals surface area contributed by atoms with E-state index in [0.29, 0.717) is 35.5 Å². The fourth-order valence-electron chi connectivity index (χ4n) is 6.68. The van der Waals surface area contributed by atoms with E-state index in [2.05, 4.69) is 6.58 Å². The van der Waals surface area contributed by atoms with Gasteiger partial charge in [-0.25, -0.2) is 18.1 Å². The first-order chi connectivity index (χ1) is 19.7. The van der Waals surface area contributed by atoms with Crippen molar-refractivity contribution in [3.05, 3.63) is 88.7 Å². The minimum atomic E-state index is -0.787. The molecule has 3 aliphatic rings. The van der Waals surface area contributed by atoms with E-state index in [0.717, 1.165) is 11.6 Å². The van der Waals surface area contributed by atoms with Crippen LogP contribution in [-0.4, -0.2) is 52.3 Å².